The maximum Gasteiger partial charge on any atom is 0.253 e. The summed E-state index contributed by atoms with van der Waals surface area (Å²) in [5.74, 6) is -0.652. The average molecular weight is 461 g/mol. The van der Waals surface area contributed by atoms with Crippen LogP contribution in [0.1, 0.15) is 41.5 Å². The number of hydrogen-bond acceptors (Lipinski definition) is 3. The molecule has 0 fully saturated rings. The van der Waals surface area contributed by atoms with Gasteiger partial charge in [-0.1, -0.05) is 30.3 Å². The van der Waals surface area contributed by atoms with Crippen LogP contribution in [0.15, 0.2) is 66.7 Å². The van der Waals surface area contributed by atoms with Crippen LogP contribution in [-0.2, 0) is 0 Å². The number of rotatable bonds is 4. The highest BCUT2D eigenvalue weighted by Gasteiger charge is 2.20. The average Bonchev–Trinajstić information content (AvgIpc) is 3.16. The van der Waals surface area contributed by atoms with Crippen LogP contribution in [0.3, 0.4) is 0 Å². The van der Waals surface area contributed by atoms with E-state index in [-0.39, 0.29) is 23.2 Å². The summed E-state index contributed by atoms with van der Waals surface area (Å²) >= 11 is 1.50. The molecule has 1 aromatic heterocycles. The minimum atomic E-state index is -0.332. The first-order valence-corrected chi connectivity index (χ1v) is 11.5. The summed E-state index contributed by atoms with van der Waals surface area (Å²) in [5.41, 5.74) is 3.39. The van der Waals surface area contributed by atoms with Crippen LogP contribution < -0.4 is 10.6 Å². The van der Waals surface area contributed by atoms with Gasteiger partial charge < -0.3 is 10.6 Å². The van der Waals surface area contributed by atoms with Gasteiger partial charge in [-0.25, -0.2) is 4.39 Å². The summed E-state index contributed by atoms with van der Waals surface area (Å²) in [6, 6.07) is 19.6. The van der Waals surface area contributed by atoms with Crippen molar-refractivity contribution >= 4 is 33.2 Å². The van der Waals surface area contributed by atoms with Crippen molar-refractivity contribution < 1.29 is 14.0 Å². The topological polar surface area (TPSA) is 58.2 Å². The smallest absolute Gasteiger partial charge is 0.253 e. The molecule has 168 valence electrons. The molecule has 3 aromatic carbocycles. The van der Waals surface area contributed by atoms with Crippen molar-refractivity contribution in [2.75, 3.05) is 7.05 Å². The molecule has 4 rings (SSSR count). The Kier molecular flexibility index (Phi) is 6.04. The molecule has 1 heterocycles. The molecule has 0 radical (unpaired) electrons. The van der Waals surface area contributed by atoms with Gasteiger partial charge in [-0.3, -0.25) is 9.59 Å². The van der Waals surface area contributed by atoms with E-state index in [4.69, 9.17) is 0 Å². The van der Waals surface area contributed by atoms with Crippen LogP contribution in [-0.4, -0.2) is 24.4 Å². The monoisotopic (exact) mass is 460 g/mol. The Morgan fingerprint density at radius 1 is 0.848 bits per heavy atom. The first kappa shape index (κ1) is 22.7. The van der Waals surface area contributed by atoms with Gasteiger partial charge in [-0.2, -0.15) is 0 Å². The van der Waals surface area contributed by atoms with Crippen LogP contribution in [0.25, 0.3) is 31.7 Å². The number of benzene rings is 3. The van der Waals surface area contributed by atoms with Crippen molar-refractivity contribution in [2.24, 2.45) is 0 Å². The fourth-order valence-electron chi connectivity index (χ4n) is 3.68. The number of fused-ring (bicyclic) bond motifs is 1. The molecule has 0 atom stereocenters. The Labute approximate surface area is 196 Å². The molecule has 0 saturated carbocycles. The molecule has 4 aromatic rings. The normalized spacial score (nSPS) is 11.4. The molecule has 0 aliphatic heterocycles. The van der Waals surface area contributed by atoms with Crippen LogP contribution in [0.4, 0.5) is 4.39 Å². The number of nitrogens with one attached hydrogen (secondary N) is 2. The minimum absolute atomic E-state index is 0.134. The molecule has 2 N–H and O–H groups in total. The summed E-state index contributed by atoms with van der Waals surface area (Å²) < 4.78 is 14.4. The summed E-state index contributed by atoms with van der Waals surface area (Å²) in [6.07, 6.45) is 0. The fraction of sp³-hybridized carbons (Fsp3) is 0.185. The Hall–Kier alpha value is -3.51. The van der Waals surface area contributed by atoms with E-state index in [2.05, 4.69) is 10.6 Å². The zero-order valence-electron chi connectivity index (χ0n) is 19.0. The Morgan fingerprint density at radius 2 is 1.52 bits per heavy atom. The summed E-state index contributed by atoms with van der Waals surface area (Å²) in [5, 5.41) is 6.53. The minimum Gasteiger partial charge on any atom is -0.355 e. The third-order valence-electron chi connectivity index (χ3n) is 5.20. The molecule has 6 heteroatoms. The van der Waals surface area contributed by atoms with Crippen molar-refractivity contribution in [2.45, 2.75) is 26.3 Å². The lowest BCUT2D eigenvalue weighted by molar-refractivity contribution is 0.0918. The van der Waals surface area contributed by atoms with Gasteiger partial charge in [0.25, 0.3) is 11.8 Å². The highest BCUT2D eigenvalue weighted by Crippen LogP contribution is 2.40. The van der Waals surface area contributed by atoms with Crippen molar-refractivity contribution in [3.63, 3.8) is 0 Å². The summed E-state index contributed by atoms with van der Waals surface area (Å²) in [7, 11) is 1.60. The van der Waals surface area contributed by atoms with Gasteiger partial charge in [-0.15, -0.1) is 11.3 Å². The quantitative estimate of drug-likeness (QED) is 0.377. The largest absolute Gasteiger partial charge is 0.355 e. The predicted octanol–water partition coefficient (Wildman–Crippen LogP) is 6.26. The standard InChI is InChI=1S/C27H25FN2O2S/c1-27(2,3)30-25(31)19-7-5-6-17(14-19)18-10-13-22-21(15-18)23(26(32)29-4)24(33-22)16-8-11-20(28)12-9-16/h5-15H,1-4H3,(H,29,32)(H,30,31). The van der Waals surface area contributed by atoms with E-state index in [1.165, 1.54) is 23.5 Å². The lowest BCUT2D eigenvalue weighted by Gasteiger charge is -2.20. The molecule has 0 unspecified atom stereocenters. The Morgan fingerprint density at radius 3 is 2.18 bits per heavy atom. The first-order chi connectivity index (χ1) is 15.7. The predicted molar refractivity (Wildman–Crippen MR) is 133 cm³/mol. The molecule has 0 saturated heterocycles. The molecule has 0 aliphatic carbocycles. The SMILES string of the molecule is CNC(=O)c1c(-c2ccc(F)cc2)sc2ccc(-c3cccc(C(=O)NC(C)(C)C)c3)cc12. The number of carbonyl (C=O) groups excluding carboxylic acids is 2. The number of halogens is 1. The second-order valence-electron chi connectivity index (χ2n) is 8.89. The van der Waals surface area contributed by atoms with E-state index in [0.29, 0.717) is 11.1 Å². The van der Waals surface area contributed by atoms with E-state index in [9.17, 15) is 14.0 Å². The van der Waals surface area contributed by atoms with E-state index >= 15 is 0 Å². The molecule has 0 aliphatic rings. The van der Waals surface area contributed by atoms with Crippen LogP contribution >= 0.6 is 11.3 Å². The molecule has 0 bridgehead atoms. The maximum absolute atomic E-state index is 13.4. The van der Waals surface area contributed by atoms with Gasteiger partial charge in [0.05, 0.1) is 5.56 Å². The molecular formula is C27H25FN2O2S. The van der Waals surface area contributed by atoms with E-state index in [1.54, 1.807) is 25.2 Å². The zero-order valence-corrected chi connectivity index (χ0v) is 19.8. The molecular weight excluding hydrogens is 435 g/mol. The van der Waals surface area contributed by atoms with Crippen LogP contribution in [0.2, 0.25) is 0 Å². The third-order valence-corrected chi connectivity index (χ3v) is 6.42. The van der Waals surface area contributed by atoms with Gasteiger partial charge in [0.2, 0.25) is 0 Å². The number of amides is 2. The molecule has 0 spiro atoms. The first-order valence-electron chi connectivity index (χ1n) is 10.6. The summed E-state index contributed by atoms with van der Waals surface area (Å²) in [4.78, 5) is 26.3. The molecule has 2 amide bonds. The molecule has 4 nitrogen and oxygen atoms in total. The van der Waals surface area contributed by atoms with Crippen LogP contribution in [0, 0.1) is 5.82 Å². The van der Waals surface area contributed by atoms with Gasteiger partial charge >= 0.3 is 0 Å². The Balaban J connectivity index is 1.81. The van der Waals surface area contributed by atoms with Crippen molar-refractivity contribution in [3.8, 4) is 21.6 Å². The highest BCUT2D eigenvalue weighted by atomic mass is 32.1. The lowest BCUT2D eigenvalue weighted by atomic mass is 9.98. The van der Waals surface area contributed by atoms with Gasteiger partial charge in [0.1, 0.15) is 5.82 Å². The lowest BCUT2D eigenvalue weighted by Crippen LogP contribution is -2.40. The van der Waals surface area contributed by atoms with E-state index in [0.717, 1.165) is 31.7 Å². The third kappa shape index (κ3) is 4.81. The van der Waals surface area contributed by atoms with Crippen LogP contribution in [0.5, 0.6) is 0 Å². The molecule has 33 heavy (non-hydrogen) atoms. The van der Waals surface area contributed by atoms with Crippen molar-refractivity contribution in [1.82, 2.24) is 10.6 Å². The maximum atomic E-state index is 13.4. The van der Waals surface area contributed by atoms with Crippen molar-refractivity contribution in [1.29, 1.82) is 0 Å². The van der Waals surface area contributed by atoms with E-state index in [1.807, 2.05) is 57.2 Å². The summed E-state index contributed by atoms with van der Waals surface area (Å²) in [6.45, 7) is 5.83. The number of hydrogen-bond donors (Lipinski definition) is 2. The van der Waals surface area contributed by atoms with Gasteiger partial charge in [-0.05, 0) is 73.9 Å². The zero-order chi connectivity index (χ0) is 23.8. The van der Waals surface area contributed by atoms with E-state index < -0.39 is 0 Å². The van der Waals surface area contributed by atoms with Crippen molar-refractivity contribution in [3.05, 3.63) is 83.7 Å². The highest BCUT2D eigenvalue weighted by molar-refractivity contribution is 7.22. The van der Waals surface area contributed by atoms with Gasteiger partial charge in [0.15, 0.2) is 0 Å². The second kappa shape index (κ2) is 8.79. The van der Waals surface area contributed by atoms with Gasteiger partial charge in [0, 0.05) is 33.1 Å². The second-order valence-corrected chi connectivity index (χ2v) is 9.94. The number of thiophene rings is 1. The fourth-order valence-corrected chi connectivity index (χ4v) is 4.87. The Bertz CT molecular complexity index is 1350. The number of carbonyl (C=O) groups is 2.